The molecule has 0 amide bonds. The first kappa shape index (κ1) is 12.8. The van der Waals surface area contributed by atoms with Crippen LogP contribution in [0.2, 0.25) is 5.02 Å². The first-order valence-electron chi connectivity index (χ1n) is 4.87. The molecule has 2 rings (SSSR count). The molecule has 0 atom stereocenters. The molecule has 0 aliphatic rings. The number of alkyl halides is 3. The highest BCUT2D eigenvalue weighted by atomic mass is 35.5. The van der Waals surface area contributed by atoms with Gasteiger partial charge in [-0.1, -0.05) is 23.7 Å². The Bertz CT molecular complexity index is 581. The monoisotopic (exact) mass is 275 g/mol. The standard InChI is InChI=1S/C12H6ClF4N/c13-9-5-7(12(15,16)17)6-18-11(9)8-3-1-2-4-10(8)14/h1-6H. The number of hydrogen-bond donors (Lipinski definition) is 0. The lowest BCUT2D eigenvalue weighted by molar-refractivity contribution is -0.137. The van der Waals surface area contributed by atoms with E-state index >= 15 is 0 Å². The van der Waals surface area contributed by atoms with Gasteiger partial charge in [0.2, 0.25) is 0 Å². The summed E-state index contributed by atoms with van der Waals surface area (Å²) in [7, 11) is 0. The van der Waals surface area contributed by atoms with E-state index in [1.807, 2.05) is 0 Å². The van der Waals surface area contributed by atoms with Crippen molar-refractivity contribution < 1.29 is 17.6 Å². The maximum absolute atomic E-state index is 13.5. The molecule has 0 radical (unpaired) electrons. The molecule has 0 aliphatic heterocycles. The lowest BCUT2D eigenvalue weighted by Crippen LogP contribution is -2.06. The summed E-state index contributed by atoms with van der Waals surface area (Å²) in [5.74, 6) is -0.591. The third-order valence-electron chi connectivity index (χ3n) is 2.30. The summed E-state index contributed by atoms with van der Waals surface area (Å²) in [6, 6.07) is 6.34. The lowest BCUT2D eigenvalue weighted by atomic mass is 10.1. The summed E-state index contributed by atoms with van der Waals surface area (Å²) in [6.45, 7) is 0. The van der Waals surface area contributed by atoms with Crippen molar-refractivity contribution in [1.82, 2.24) is 4.98 Å². The summed E-state index contributed by atoms with van der Waals surface area (Å²) < 4.78 is 50.7. The molecular weight excluding hydrogens is 270 g/mol. The van der Waals surface area contributed by atoms with Gasteiger partial charge in [0.05, 0.1) is 16.3 Å². The topological polar surface area (TPSA) is 12.9 Å². The van der Waals surface area contributed by atoms with Crippen molar-refractivity contribution in [3.05, 3.63) is 52.9 Å². The van der Waals surface area contributed by atoms with Gasteiger partial charge in [-0.3, -0.25) is 4.98 Å². The summed E-state index contributed by atoms with van der Waals surface area (Å²) in [4.78, 5) is 3.58. The highest BCUT2D eigenvalue weighted by Crippen LogP contribution is 2.34. The number of halogens is 5. The zero-order valence-corrected chi connectivity index (χ0v) is 9.56. The van der Waals surface area contributed by atoms with E-state index in [1.54, 1.807) is 6.07 Å². The number of pyridine rings is 1. The van der Waals surface area contributed by atoms with Crippen LogP contribution in [-0.2, 0) is 6.18 Å². The van der Waals surface area contributed by atoms with E-state index in [1.165, 1.54) is 18.2 Å². The molecule has 1 heterocycles. The molecule has 2 aromatic rings. The van der Waals surface area contributed by atoms with E-state index in [0.717, 1.165) is 6.07 Å². The van der Waals surface area contributed by atoms with Crippen LogP contribution in [-0.4, -0.2) is 4.98 Å². The second kappa shape index (κ2) is 4.57. The van der Waals surface area contributed by atoms with Crippen LogP contribution >= 0.6 is 11.6 Å². The highest BCUT2D eigenvalue weighted by Gasteiger charge is 2.31. The Morgan fingerprint density at radius 1 is 1.11 bits per heavy atom. The molecule has 1 aromatic heterocycles. The van der Waals surface area contributed by atoms with Gasteiger partial charge in [0, 0.05) is 11.8 Å². The SMILES string of the molecule is Fc1ccccc1-c1ncc(C(F)(F)F)cc1Cl. The smallest absolute Gasteiger partial charge is 0.254 e. The predicted molar refractivity (Wildman–Crippen MR) is 59.6 cm³/mol. The maximum Gasteiger partial charge on any atom is 0.417 e. The van der Waals surface area contributed by atoms with Crippen LogP contribution in [0.15, 0.2) is 36.5 Å². The van der Waals surface area contributed by atoms with Crippen LogP contribution in [0.4, 0.5) is 17.6 Å². The molecule has 0 aliphatic carbocycles. The summed E-state index contributed by atoms with van der Waals surface area (Å²) >= 11 is 5.71. The van der Waals surface area contributed by atoms with Crippen LogP contribution in [0.25, 0.3) is 11.3 Å². The van der Waals surface area contributed by atoms with Crippen LogP contribution < -0.4 is 0 Å². The van der Waals surface area contributed by atoms with Gasteiger partial charge in [0.25, 0.3) is 0 Å². The third-order valence-corrected chi connectivity index (χ3v) is 2.59. The number of aromatic nitrogens is 1. The minimum Gasteiger partial charge on any atom is -0.254 e. The molecule has 18 heavy (non-hydrogen) atoms. The van der Waals surface area contributed by atoms with E-state index in [-0.39, 0.29) is 16.3 Å². The van der Waals surface area contributed by atoms with Gasteiger partial charge >= 0.3 is 6.18 Å². The zero-order valence-electron chi connectivity index (χ0n) is 8.80. The van der Waals surface area contributed by atoms with Crippen molar-refractivity contribution in [3.63, 3.8) is 0 Å². The van der Waals surface area contributed by atoms with Gasteiger partial charge in [-0.25, -0.2) is 4.39 Å². The Labute approximate surface area is 105 Å². The molecular formula is C12H6ClF4N. The van der Waals surface area contributed by atoms with Crippen LogP contribution in [0.3, 0.4) is 0 Å². The molecule has 0 fully saturated rings. The summed E-state index contributed by atoms with van der Waals surface area (Å²) in [6.07, 6.45) is -3.89. The molecule has 0 unspecified atom stereocenters. The van der Waals surface area contributed by atoms with Crippen molar-refractivity contribution in [1.29, 1.82) is 0 Å². The molecule has 0 N–H and O–H groups in total. The second-order valence-electron chi connectivity index (χ2n) is 3.53. The molecule has 94 valence electrons. The molecule has 1 aromatic carbocycles. The van der Waals surface area contributed by atoms with Crippen molar-refractivity contribution >= 4 is 11.6 Å². The summed E-state index contributed by atoms with van der Waals surface area (Å²) in [5.41, 5.74) is -0.911. The fraction of sp³-hybridized carbons (Fsp3) is 0.0833. The molecule has 6 heteroatoms. The van der Waals surface area contributed by atoms with Gasteiger partial charge in [0.15, 0.2) is 0 Å². The van der Waals surface area contributed by atoms with Gasteiger partial charge in [-0.2, -0.15) is 13.2 Å². The van der Waals surface area contributed by atoms with Crippen molar-refractivity contribution in [2.75, 3.05) is 0 Å². The Balaban J connectivity index is 2.52. The van der Waals surface area contributed by atoms with Crippen molar-refractivity contribution in [3.8, 4) is 11.3 Å². The van der Waals surface area contributed by atoms with Crippen molar-refractivity contribution in [2.24, 2.45) is 0 Å². The summed E-state index contributed by atoms with van der Waals surface area (Å²) in [5, 5.41) is -0.241. The number of benzene rings is 1. The Kier molecular flexibility index (Phi) is 3.26. The Hall–Kier alpha value is -1.62. The van der Waals surface area contributed by atoms with Crippen LogP contribution in [0.5, 0.6) is 0 Å². The lowest BCUT2D eigenvalue weighted by Gasteiger charge is -2.09. The van der Waals surface area contributed by atoms with Gasteiger partial charge < -0.3 is 0 Å². The number of hydrogen-bond acceptors (Lipinski definition) is 1. The molecule has 0 saturated heterocycles. The average Bonchev–Trinajstić information content (AvgIpc) is 2.29. The van der Waals surface area contributed by atoms with Crippen molar-refractivity contribution in [2.45, 2.75) is 6.18 Å². The fourth-order valence-electron chi connectivity index (χ4n) is 1.44. The first-order chi connectivity index (χ1) is 8.39. The maximum atomic E-state index is 13.5. The number of nitrogens with zero attached hydrogens (tertiary/aromatic N) is 1. The first-order valence-corrected chi connectivity index (χ1v) is 5.25. The van der Waals surface area contributed by atoms with E-state index in [4.69, 9.17) is 11.6 Å². The minimum absolute atomic E-state index is 0.0113. The highest BCUT2D eigenvalue weighted by molar-refractivity contribution is 6.33. The fourth-order valence-corrected chi connectivity index (χ4v) is 1.71. The third kappa shape index (κ3) is 2.46. The minimum atomic E-state index is -4.52. The van der Waals surface area contributed by atoms with E-state index in [9.17, 15) is 17.6 Å². The number of rotatable bonds is 1. The quantitative estimate of drug-likeness (QED) is 0.695. The average molecular weight is 276 g/mol. The van der Waals surface area contributed by atoms with Crippen LogP contribution in [0.1, 0.15) is 5.56 Å². The zero-order chi connectivity index (χ0) is 13.3. The van der Waals surface area contributed by atoms with Crippen LogP contribution in [0, 0.1) is 5.82 Å². The molecule has 0 spiro atoms. The Morgan fingerprint density at radius 3 is 2.33 bits per heavy atom. The largest absolute Gasteiger partial charge is 0.417 e. The normalized spacial score (nSPS) is 11.6. The van der Waals surface area contributed by atoms with Gasteiger partial charge in [-0.15, -0.1) is 0 Å². The van der Waals surface area contributed by atoms with E-state index < -0.39 is 17.6 Å². The van der Waals surface area contributed by atoms with E-state index in [0.29, 0.717) is 6.20 Å². The Morgan fingerprint density at radius 2 is 1.78 bits per heavy atom. The molecule has 0 bridgehead atoms. The second-order valence-corrected chi connectivity index (χ2v) is 3.94. The molecule has 0 saturated carbocycles. The van der Waals surface area contributed by atoms with E-state index in [2.05, 4.69) is 4.98 Å². The van der Waals surface area contributed by atoms with Gasteiger partial charge in [0.1, 0.15) is 5.82 Å². The molecule has 1 nitrogen and oxygen atoms in total. The van der Waals surface area contributed by atoms with Gasteiger partial charge in [-0.05, 0) is 18.2 Å². The predicted octanol–water partition coefficient (Wildman–Crippen LogP) is 4.56.